The minimum Gasteiger partial charge on any atom is -0.404 e. The Kier molecular flexibility index (Phi) is 5.62. The molecular weight excluding hydrogens is 321 g/mol. The Bertz CT molecular complexity index is 716. The van der Waals surface area contributed by atoms with Crippen molar-refractivity contribution in [2.24, 2.45) is 10.7 Å². The van der Waals surface area contributed by atoms with Gasteiger partial charge in [0.25, 0.3) is 0 Å². The highest BCUT2D eigenvalue weighted by molar-refractivity contribution is 5.93. The smallest absolute Gasteiger partial charge is 0.404 e. The van der Waals surface area contributed by atoms with Crippen LogP contribution in [0.5, 0.6) is 5.75 Å². The second-order valence-electron chi connectivity index (χ2n) is 4.99. The van der Waals surface area contributed by atoms with Crippen molar-refractivity contribution in [1.82, 2.24) is 4.98 Å². The van der Waals surface area contributed by atoms with Crippen LogP contribution < -0.4 is 15.8 Å². The number of halogens is 3. The molecule has 1 aromatic carbocycles. The summed E-state index contributed by atoms with van der Waals surface area (Å²) in [5.74, 6) is -0.354. The van der Waals surface area contributed by atoms with E-state index in [1.165, 1.54) is 18.2 Å². The summed E-state index contributed by atoms with van der Waals surface area (Å²) in [6, 6.07) is 7.52. The molecule has 0 aliphatic heterocycles. The van der Waals surface area contributed by atoms with Gasteiger partial charge in [-0.3, -0.25) is 9.98 Å². The van der Waals surface area contributed by atoms with Gasteiger partial charge in [-0.2, -0.15) is 0 Å². The number of aryl methyl sites for hydroxylation is 1. The third-order valence-corrected chi connectivity index (χ3v) is 3.18. The minimum atomic E-state index is -4.78. The first kappa shape index (κ1) is 17.6. The van der Waals surface area contributed by atoms with E-state index in [2.05, 4.69) is 20.0 Å². The topological polar surface area (TPSA) is 72.5 Å². The van der Waals surface area contributed by atoms with E-state index in [0.717, 1.165) is 11.1 Å². The molecule has 2 aromatic rings. The van der Waals surface area contributed by atoms with Gasteiger partial charge in [0.2, 0.25) is 0 Å². The van der Waals surface area contributed by atoms with Crippen LogP contribution in [0.4, 0.5) is 18.9 Å². The van der Waals surface area contributed by atoms with E-state index in [9.17, 15) is 13.2 Å². The van der Waals surface area contributed by atoms with Gasteiger partial charge in [-0.1, -0.05) is 12.1 Å². The first-order chi connectivity index (χ1) is 11.3. The molecule has 0 aliphatic rings. The molecule has 2 rings (SSSR count). The summed E-state index contributed by atoms with van der Waals surface area (Å²) in [7, 11) is 0. The molecule has 1 aromatic heterocycles. The Balaban J connectivity index is 1.99. The molecule has 0 fully saturated rings. The number of aromatic nitrogens is 1. The van der Waals surface area contributed by atoms with Gasteiger partial charge in [-0.15, -0.1) is 13.2 Å². The molecule has 8 heteroatoms. The molecule has 0 atom stereocenters. The maximum atomic E-state index is 12.4. The van der Waals surface area contributed by atoms with Crippen molar-refractivity contribution >= 4 is 11.6 Å². The second kappa shape index (κ2) is 7.67. The van der Waals surface area contributed by atoms with Gasteiger partial charge in [0.15, 0.2) is 11.7 Å². The SMILES string of the molecule is Cc1cnccc1CCN=C(N)Nc1ccccc1OC(F)(F)F. The summed E-state index contributed by atoms with van der Waals surface area (Å²) in [5.41, 5.74) is 7.95. The van der Waals surface area contributed by atoms with Crippen molar-refractivity contribution < 1.29 is 17.9 Å². The highest BCUT2D eigenvalue weighted by atomic mass is 19.4. The molecule has 24 heavy (non-hydrogen) atoms. The van der Waals surface area contributed by atoms with E-state index in [-0.39, 0.29) is 17.4 Å². The van der Waals surface area contributed by atoms with Gasteiger partial charge >= 0.3 is 6.36 Å². The Hall–Kier alpha value is -2.77. The van der Waals surface area contributed by atoms with Gasteiger partial charge in [0, 0.05) is 18.9 Å². The predicted octanol–water partition coefficient (Wildman–Crippen LogP) is 3.26. The number of rotatable bonds is 5. The van der Waals surface area contributed by atoms with Crippen molar-refractivity contribution in [2.75, 3.05) is 11.9 Å². The van der Waals surface area contributed by atoms with Crippen LogP contribution in [0.3, 0.4) is 0 Å². The second-order valence-corrected chi connectivity index (χ2v) is 4.99. The summed E-state index contributed by atoms with van der Waals surface area (Å²) >= 11 is 0. The standard InChI is InChI=1S/C16H17F3N4O/c1-11-10-21-8-6-12(11)7-9-22-15(20)23-13-4-2-3-5-14(13)24-16(17,18)19/h2-6,8,10H,7,9H2,1H3,(H3,20,22,23). The number of nitrogens with one attached hydrogen (secondary N) is 1. The van der Waals surface area contributed by atoms with Crippen molar-refractivity contribution in [1.29, 1.82) is 0 Å². The maximum Gasteiger partial charge on any atom is 0.573 e. The van der Waals surface area contributed by atoms with Crippen LogP contribution in [0, 0.1) is 6.92 Å². The molecule has 128 valence electrons. The van der Waals surface area contributed by atoms with Gasteiger partial charge in [-0.25, -0.2) is 0 Å². The van der Waals surface area contributed by atoms with Gasteiger partial charge in [0.1, 0.15) is 0 Å². The number of anilines is 1. The molecule has 0 bridgehead atoms. The molecule has 1 heterocycles. The van der Waals surface area contributed by atoms with E-state index in [4.69, 9.17) is 5.73 Å². The van der Waals surface area contributed by atoms with E-state index in [0.29, 0.717) is 13.0 Å². The third kappa shape index (κ3) is 5.45. The van der Waals surface area contributed by atoms with Crippen molar-refractivity contribution in [3.8, 4) is 5.75 Å². The molecule has 0 saturated carbocycles. The lowest BCUT2D eigenvalue weighted by molar-refractivity contribution is -0.274. The van der Waals surface area contributed by atoms with Crippen LogP contribution in [0.2, 0.25) is 0 Å². The number of ether oxygens (including phenoxy) is 1. The number of nitrogens with zero attached hydrogens (tertiary/aromatic N) is 2. The number of benzene rings is 1. The normalized spacial score (nSPS) is 12.1. The fraction of sp³-hybridized carbons (Fsp3) is 0.250. The summed E-state index contributed by atoms with van der Waals surface area (Å²) < 4.78 is 41.1. The number of para-hydroxylation sites is 2. The molecule has 5 nitrogen and oxygen atoms in total. The summed E-state index contributed by atoms with van der Waals surface area (Å²) in [4.78, 5) is 8.12. The number of aliphatic imine (C=N–C) groups is 1. The van der Waals surface area contributed by atoms with Crippen LogP contribution in [-0.2, 0) is 6.42 Å². The largest absolute Gasteiger partial charge is 0.573 e. The van der Waals surface area contributed by atoms with E-state index in [1.54, 1.807) is 18.5 Å². The van der Waals surface area contributed by atoms with Gasteiger partial charge in [0.05, 0.1) is 5.69 Å². The molecule has 0 saturated heterocycles. The number of guanidine groups is 1. The monoisotopic (exact) mass is 338 g/mol. The quantitative estimate of drug-likeness (QED) is 0.648. The maximum absolute atomic E-state index is 12.4. The molecule has 0 amide bonds. The highest BCUT2D eigenvalue weighted by Crippen LogP contribution is 2.29. The molecule has 0 radical (unpaired) electrons. The van der Waals surface area contributed by atoms with E-state index in [1.807, 2.05) is 13.0 Å². The zero-order valence-electron chi connectivity index (χ0n) is 13.0. The van der Waals surface area contributed by atoms with Crippen LogP contribution in [-0.4, -0.2) is 23.9 Å². The first-order valence-corrected chi connectivity index (χ1v) is 7.16. The number of nitrogens with two attached hydrogens (primary N) is 1. The van der Waals surface area contributed by atoms with Gasteiger partial charge < -0.3 is 15.8 Å². The Labute approximate surface area is 137 Å². The Morgan fingerprint density at radius 3 is 2.75 bits per heavy atom. The first-order valence-electron chi connectivity index (χ1n) is 7.16. The van der Waals surface area contributed by atoms with Gasteiger partial charge in [-0.05, 0) is 42.7 Å². The molecular formula is C16H17F3N4O. The van der Waals surface area contributed by atoms with Crippen LogP contribution in [0.1, 0.15) is 11.1 Å². The van der Waals surface area contributed by atoms with E-state index < -0.39 is 6.36 Å². The van der Waals surface area contributed by atoms with Crippen molar-refractivity contribution in [3.05, 3.63) is 53.9 Å². The average Bonchev–Trinajstić information content (AvgIpc) is 2.50. The third-order valence-electron chi connectivity index (χ3n) is 3.18. The van der Waals surface area contributed by atoms with E-state index >= 15 is 0 Å². The summed E-state index contributed by atoms with van der Waals surface area (Å²) in [5, 5.41) is 2.62. The van der Waals surface area contributed by atoms with Crippen LogP contribution >= 0.6 is 0 Å². The van der Waals surface area contributed by atoms with Crippen molar-refractivity contribution in [3.63, 3.8) is 0 Å². The number of pyridine rings is 1. The average molecular weight is 338 g/mol. The molecule has 0 unspecified atom stereocenters. The Morgan fingerprint density at radius 1 is 1.29 bits per heavy atom. The zero-order chi connectivity index (χ0) is 17.6. The molecule has 0 spiro atoms. The van der Waals surface area contributed by atoms with Crippen LogP contribution in [0.15, 0.2) is 47.7 Å². The minimum absolute atomic E-state index is 0.0138. The highest BCUT2D eigenvalue weighted by Gasteiger charge is 2.32. The van der Waals surface area contributed by atoms with Crippen LogP contribution in [0.25, 0.3) is 0 Å². The number of alkyl halides is 3. The summed E-state index contributed by atoms with van der Waals surface area (Å²) in [6.45, 7) is 2.34. The number of hydrogen-bond acceptors (Lipinski definition) is 3. The predicted molar refractivity (Wildman–Crippen MR) is 85.9 cm³/mol. The summed E-state index contributed by atoms with van der Waals surface area (Å²) in [6.07, 6.45) is -0.677. The molecule has 0 aliphatic carbocycles. The fourth-order valence-electron chi connectivity index (χ4n) is 2.04. The lowest BCUT2D eigenvalue weighted by atomic mass is 10.1. The fourth-order valence-corrected chi connectivity index (χ4v) is 2.04. The number of hydrogen-bond donors (Lipinski definition) is 2. The lowest BCUT2D eigenvalue weighted by Gasteiger charge is -2.14. The Morgan fingerprint density at radius 2 is 2.04 bits per heavy atom. The lowest BCUT2D eigenvalue weighted by Crippen LogP contribution is -2.25. The molecule has 3 N–H and O–H groups in total. The van der Waals surface area contributed by atoms with Crippen molar-refractivity contribution in [2.45, 2.75) is 19.7 Å². The zero-order valence-corrected chi connectivity index (χ0v) is 13.0.